The average molecular weight is 333 g/mol. The summed E-state index contributed by atoms with van der Waals surface area (Å²) in [4.78, 5) is 14.2. The lowest BCUT2D eigenvalue weighted by molar-refractivity contribution is 0.0733. The van der Waals surface area contributed by atoms with E-state index in [9.17, 15) is 13.2 Å². The Morgan fingerprint density at radius 3 is 2.52 bits per heavy atom. The summed E-state index contributed by atoms with van der Waals surface area (Å²) in [5.41, 5.74) is 0.367. The summed E-state index contributed by atoms with van der Waals surface area (Å²) in [5, 5.41) is 0. The first-order chi connectivity index (χ1) is 9.70. The number of amides is 1. The maximum Gasteiger partial charge on any atom is 0.270 e. The van der Waals surface area contributed by atoms with Crippen molar-refractivity contribution in [3.8, 4) is 0 Å². The zero-order valence-electron chi connectivity index (χ0n) is 12.5. The Hall–Kier alpha value is -1.01. The first kappa shape index (κ1) is 16.4. The normalized spacial score (nSPS) is 16.0. The maximum absolute atomic E-state index is 12.6. The molecule has 0 atom stereocenters. The van der Waals surface area contributed by atoms with Crippen LogP contribution in [-0.4, -0.2) is 37.4 Å². The van der Waals surface area contributed by atoms with Crippen LogP contribution in [0.25, 0.3) is 0 Å². The van der Waals surface area contributed by atoms with Crippen LogP contribution in [0.15, 0.2) is 17.2 Å². The summed E-state index contributed by atoms with van der Waals surface area (Å²) in [6, 6.07) is 1.34. The van der Waals surface area contributed by atoms with Crippen molar-refractivity contribution in [1.29, 1.82) is 0 Å². The van der Waals surface area contributed by atoms with E-state index in [0.29, 0.717) is 18.2 Å². The number of halogens is 1. The molecule has 1 heterocycles. The largest absolute Gasteiger partial charge is 0.340 e. The maximum atomic E-state index is 12.6. The van der Waals surface area contributed by atoms with Crippen molar-refractivity contribution in [2.45, 2.75) is 44.0 Å². The van der Waals surface area contributed by atoms with E-state index < -0.39 is 9.05 Å². The van der Waals surface area contributed by atoms with Crippen molar-refractivity contribution in [3.63, 3.8) is 0 Å². The van der Waals surface area contributed by atoms with Crippen LogP contribution in [0.5, 0.6) is 0 Å². The predicted octanol–water partition coefficient (Wildman–Crippen LogP) is 2.87. The van der Waals surface area contributed by atoms with Crippen LogP contribution < -0.4 is 0 Å². The fraction of sp³-hybridized carbons (Fsp3) is 0.643. The summed E-state index contributed by atoms with van der Waals surface area (Å²) in [7, 11) is 3.31. The van der Waals surface area contributed by atoms with Crippen LogP contribution in [0.1, 0.15) is 49.6 Å². The summed E-state index contributed by atoms with van der Waals surface area (Å²) in [6.07, 6.45) is 4.97. The molecule has 21 heavy (non-hydrogen) atoms. The fourth-order valence-electron chi connectivity index (χ4n) is 2.53. The highest BCUT2D eigenvalue weighted by Gasteiger charge is 2.26. The van der Waals surface area contributed by atoms with E-state index in [-0.39, 0.29) is 16.8 Å². The molecule has 2 rings (SSSR count). The van der Waals surface area contributed by atoms with Crippen molar-refractivity contribution in [3.05, 3.63) is 18.0 Å². The highest BCUT2D eigenvalue weighted by molar-refractivity contribution is 8.13. The zero-order chi connectivity index (χ0) is 15.8. The lowest BCUT2D eigenvalue weighted by atomic mass is 9.85. The second kappa shape index (κ2) is 6.01. The Morgan fingerprint density at radius 1 is 1.48 bits per heavy atom. The number of aromatic nitrogens is 1. The van der Waals surface area contributed by atoms with Gasteiger partial charge in [-0.15, -0.1) is 0 Å². The number of nitrogens with zero attached hydrogens (tertiary/aromatic N) is 2. The van der Waals surface area contributed by atoms with Gasteiger partial charge in [-0.05, 0) is 38.7 Å². The molecule has 0 bridgehead atoms. The number of carbonyl (C=O) groups is 1. The van der Waals surface area contributed by atoms with Crippen molar-refractivity contribution in [1.82, 2.24) is 9.47 Å². The van der Waals surface area contributed by atoms with Gasteiger partial charge in [0.1, 0.15) is 10.6 Å². The quantitative estimate of drug-likeness (QED) is 0.779. The minimum absolute atomic E-state index is 0.0202. The predicted molar refractivity (Wildman–Crippen MR) is 82.2 cm³/mol. The fourth-order valence-corrected chi connectivity index (χ4v) is 3.27. The van der Waals surface area contributed by atoms with Gasteiger partial charge >= 0.3 is 0 Å². The molecule has 1 amide bonds. The molecular weight excluding hydrogens is 312 g/mol. The van der Waals surface area contributed by atoms with Crippen LogP contribution in [-0.2, 0) is 9.05 Å². The molecule has 1 saturated carbocycles. The molecule has 1 fully saturated rings. The number of hydrogen-bond donors (Lipinski definition) is 0. The van der Waals surface area contributed by atoms with E-state index in [1.54, 1.807) is 16.5 Å². The van der Waals surface area contributed by atoms with Crippen LogP contribution in [0, 0.1) is 5.92 Å². The number of hydrogen-bond acceptors (Lipinski definition) is 3. The van der Waals surface area contributed by atoms with E-state index in [1.807, 2.05) is 13.8 Å². The molecule has 1 aromatic rings. The molecule has 1 aliphatic rings. The van der Waals surface area contributed by atoms with Crippen LogP contribution in [0.4, 0.5) is 0 Å². The molecule has 5 nitrogen and oxygen atoms in total. The third kappa shape index (κ3) is 3.61. The van der Waals surface area contributed by atoms with Gasteiger partial charge in [0.25, 0.3) is 15.0 Å². The Balaban J connectivity index is 2.28. The average Bonchev–Trinajstić information content (AvgIpc) is 2.77. The van der Waals surface area contributed by atoms with Crippen LogP contribution in [0.2, 0.25) is 0 Å². The number of carbonyl (C=O) groups excluding carboxylic acids is 1. The zero-order valence-corrected chi connectivity index (χ0v) is 14.1. The van der Waals surface area contributed by atoms with Crippen LogP contribution >= 0.6 is 10.7 Å². The van der Waals surface area contributed by atoms with Gasteiger partial charge in [0.2, 0.25) is 0 Å². The standard InChI is InChI=1S/C14H21ClN2O3S/c1-10(2)17-9-12(21(15,19)20)7-13(17)14(18)16(3)8-11-5-4-6-11/h7,9-11H,4-6,8H2,1-3H3. The minimum atomic E-state index is -3.83. The van der Waals surface area contributed by atoms with E-state index >= 15 is 0 Å². The smallest absolute Gasteiger partial charge is 0.270 e. The van der Waals surface area contributed by atoms with Gasteiger partial charge in [-0.1, -0.05) is 6.42 Å². The van der Waals surface area contributed by atoms with Gasteiger partial charge in [-0.3, -0.25) is 4.79 Å². The summed E-state index contributed by atoms with van der Waals surface area (Å²) in [6.45, 7) is 4.51. The molecule has 1 aromatic heterocycles. The number of rotatable bonds is 5. The molecule has 0 N–H and O–H groups in total. The topological polar surface area (TPSA) is 59.4 Å². The molecule has 0 aliphatic heterocycles. The molecule has 0 aromatic carbocycles. The Bertz CT molecular complexity index is 633. The molecule has 0 radical (unpaired) electrons. The summed E-state index contributed by atoms with van der Waals surface area (Å²) < 4.78 is 24.6. The van der Waals surface area contributed by atoms with E-state index in [2.05, 4.69) is 0 Å². The van der Waals surface area contributed by atoms with Gasteiger partial charge in [0.15, 0.2) is 0 Å². The van der Waals surface area contributed by atoms with Gasteiger partial charge in [-0.25, -0.2) is 8.42 Å². The Labute approximate surface area is 130 Å². The minimum Gasteiger partial charge on any atom is -0.340 e. The van der Waals surface area contributed by atoms with Crippen molar-refractivity contribution >= 4 is 25.6 Å². The van der Waals surface area contributed by atoms with Gasteiger partial charge in [0.05, 0.1) is 0 Å². The molecule has 0 unspecified atom stereocenters. The van der Waals surface area contributed by atoms with E-state index in [4.69, 9.17) is 10.7 Å². The summed E-state index contributed by atoms with van der Waals surface area (Å²) in [5.74, 6) is 0.403. The molecule has 0 spiro atoms. The van der Waals surface area contributed by atoms with Gasteiger partial charge in [0, 0.05) is 36.5 Å². The van der Waals surface area contributed by atoms with Crippen molar-refractivity contribution in [2.24, 2.45) is 5.92 Å². The Kier molecular flexibility index (Phi) is 4.68. The molecule has 7 heteroatoms. The lowest BCUT2D eigenvalue weighted by Crippen LogP contribution is -2.35. The molecule has 1 aliphatic carbocycles. The molecular formula is C14H21ClN2O3S. The third-order valence-corrected chi connectivity index (χ3v) is 5.30. The highest BCUT2D eigenvalue weighted by atomic mass is 35.7. The van der Waals surface area contributed by atoms with Gasteiger partial charge < -0.3 is 9.47 Å². The van der Waals surface area contributed by atoms with Crippen molar-refractivity contribution in [2.75, 3.05) is 13.6 Å². The van der Waals surface area contributed by atoms with E-state index in [1.165, 1.54) is 18.7 Å². The van der Waals surface area contributed by atoms with E-state index in [0.717, 1.165) is 12.8 Å². The lowest BCUT2D eigenvalue weighted by Gasteiger charge is -2.30. The third-order valence-electron chi connectivity index (χ3n) is 3.98. The van der Waals surface area contributed by atoms with Crippen molar-refractivity contribution < 1.29 is 13.2 Å². The monoisotopic (exact) mass is 332 g/mol. The Morgan fingerprint density at radius 2 is 2.10 bits per heavy atom. The second-order valence-electron chi connectivity index (χ2n) is 5.98. The highest BCUT2D eigenvalue weighted by Crippen LogP contribution is 2.28. The molecule has 0 saturated heterocycles. The molecule has 118 valence electrons. The SMILES string of the molecule is CC(C)n1cc(S(=O)(=O)Cl)cc1C(=O)N(C)CC1CCC1. The van der Waals surface area contributed by atoms with Crippen LogP contribution in [0.3, 0.4) is 0 Å². The first-order valence-corrected chi connectivity index (χ1v) is 9.43. The van der Waals surface area contributed by atoms with Gasteiger partial charge in [-0.2, -0.15) is 0 Å². The second-order valence-corrected chi connectivity index (χ2v) is 8.55. The first-order valence-electron chi connectivity index (χ1n) is 7.12. The summed E-state index contributed by atoms with van der Waals surface area (Å²) >= 11 is 0.